The van der Waals surface area contributed by atoms with Gasteiger partial charge >= 0.3 is 0 Å². The molecule has 0 atom stereocenters. The van der Waals surface area contributed by atoms with Crippen molar-refractivity contribution in [1.82, 2.24) is 15.6 Å². The topological polar surface area (TPSA) is 134 Å². The van der Waals surface area contributed by atoms with Gasteiger partial charge in [-0.2, -0.15) is 0 Å². The highest BCUT2D eigenvalue weighted by molar-refractivity contribution is 7.90. The van der Waals surface area contributed by atoms with E-state index in [0.29, 0.717) is 0 Å². The van der Waals surface area contributed by atoms with Gasteiger partial charge in [-0.15, -0.1) is 4.83 Å². The van der Waals surface area contributed by atoms with Gasteiger partial charge in [0, 0.05) is 25.3 Å². The van der Waals surface area contributed by atoms with Gasteiger partial charge in [0.05, 0.1) is 22.4 Å². The van der Waals surface area contributed by atoms with Crippen molar-refractivity contribution in [1.29, 1.82) is 0 Å². The number of hydrogen-bond acceptors (Lipinski definition) is 6. The number of halogens is 2. The van der Waals surface area contributed by atoms with Crippen LogP contribution in [0.4, 0.5) is 4.39 Å². The summed E-state index contributed by atoms with van der Waals surface area (Å²) in [7, 11) is -3.87. The minimum absolute atomic E-state index is 0.0414. The predicted octanol–water partition coefficient (Wildman–Crippen LogP) is -0.0556. The summed E-state index contributed by atoms with van der Waals surface area (Å²) in [5.41, 5.74) is 1.20. The average Bonchev–Trinajstić information content (AvgIpc) is 2.67. The van der Waals surface area contributed by atoms with Crippen LogP contribution in [0.5, 0.6) is 0 Å². The highest BCUT2D eigenvalue weighted by Crippen LogP contribution is 2.21. The third-order valence-corrected chi connectivity index (χ3v) is 5.86. The number of ether oxygens (including phenoxy) is 1. The molecule has 4 N–H and O–H groups in total. The molecule has 2 rings (SSSR count). The Morgan fingerprint density at radius 2 is 1.93 bits per heavy atom. The molecular formula is C15H19ClFN3O6S. The van der Waals surface area contributed by atoms with Crippen LogP contribution in [0.2, 0.25) is 5.02 Å². The fourth-order valence-corrected chi connectivity index (χ4v) is 3.85. The number of nitrogens with one attached hydrogen (secondary N) is 3. The van der Waals surface area contributed by atoms with E-state index in [2.05, 4.69) is 5.32 Å². The van der Waals surface area contributed by atoms with E-state index in [1.54, 1.807) is 0 Å². The molecule has 0 saturated carbocycles. The first-order chi connectivity index (χ1) is 12.8. The van der Waals surface area contributed by atoms with Crippen LogP contribution in [0, 0.1) is 5.82 Å². The first kappa shape index (κ1) is 21.5. The summed E-state index contributed by atoms with van der Waals surface area (Å²) in [5, 5.41) is 9.83. The summed E-state index contributed by atoms with van der Waals surface area (Å²) >= 11 is 5.72. The summed E-state index contributed by atoms with van der Waals surface area (Å²) in [6.45, 7) is 0.228. The molecule has 1 saturated heterocycles. The van der Waals surface area contributed by atoms with Crippen molar-refractivity contribution in [2.45, 2.75) is 18.1 Å². The van der Waals surface area contributed by atoms with Gasteiger partial charge in [-0.05, 0) is 25.0 Å². The molecule has 12 heteroatoms. The van der Waals surface area contributed by atoms with Gasteiger partial charge in [0.1, 0.15) is 0 Å². The molecule has 0 spiro atoms. The van der Waals surface area contributed by atoms with Crippen LogP contribution < -0.4 is 15.6 Å². The molecule has 1 heterocycles. The van der Waals surface area contributed by atoms with Crippen LogP contribution in [0.15, 0.2) is 12.1 Å². The lowest BCUT2D eigenvalue weighted by atomic mass is 10.1. The number of amides is 2. The van der Waals surface area contributed by atoms with E-state index in [0.717, 1.165) is 12.1 Å². The zero-order chi connectivity index (χ0) is 20.0. The van der Waals surface area contributed by atoms with Gasteiger partial charge in [-0.3, -0.25) is 15.0 Å². The fraction of sp³-hybridized carbons (Fsp3) is 0.467. The van der Waals surface area contributed by atoms with Crippen LogP contribution in [0.25, 0.3) is 0 Å². The lowest BCUT2D eigenvalue weighted by Crippen LogP contribution is -2.47. The van der Waals surface area contributed by atoms with Crippen LogP contribution in [-0.2, 0) is 14.8 Å². The van der Waals surface area contributed by atoms with Gasteiger partial charge in [0.15, 0.2) is 5.82 Å². The standard InChI is InChI=1S/C15H19ClFN3O6S/c16-12-8-9(14(22)18-3-4-21)7-11(13(12)17)15(23)19-20-27(24,25)10-1-5-26-6-2-10/h7-8,10,20-21H,1-6H2,(H,18,22)(H,19,23). The first-order valence-corrected chi connectivity index (χ1v) is 9.95. The van der Waals surface area contributed by atoms with Crippen LogP contribution in [-0.4, -0.2) is 57.0 Å². The molecule has 150 valence electrons. The Morgan fingerprint density at radius 3 is 2.56 bits per heavy atom. The van der Waals surface area contributed by atoms with Gasteiger partial charge in [0.25, 0.3) is 11.8 Å². The zero-order valence-electron chi connectivity index (χ0n) is 14.1. The molecule has 0 radical (unpaired) electrons. The van der Waals surface area contributed by atoms with Gasteiger partial charge in [-0.25, -0.2) is 12.8 Å². The fourth-order valence-electron chi connectivity index (χ4n) is 2.41. The molecule has 1 aromatic rings. The molecule has 0 bridgehead atoms. The minimum Gasteiger partial charge on any atom is -0.395 e. The SMILES string of the molecule is O=C(NCCO)c1cc(Cl)c(F)c(C(=O)NNS(=O)(=O)C2CCOCC2)c1. The number of aliphatic hydroxyl groups excluding tert-OH is 1. The lowest BCUT2D eigenvalue weighted by Gasteiger charge is -2.22. The number of sulfonamides is 1. The number of carbonyl (C=O) groups is 2. The third-order valence-electron chi connectivity index (χ3n) is 3.85. The predicted molar refractivity (Wildman–Crippen MR) is 94.2 cm³/mol. The normalized spacial score (nSPS) is 15.4. The molecular weight excluding hydrogens is 405 g/mol. The Balaban J connectivity index is 2.13. The van der Waals surface area contributed by atoms with Crippen molar-refractivity contribution in [3.63, 3.8) is 0 Å². The van der Waals surface area contributed by atoms with Crippen LogP contribution in [0.3, 0.4) is 0 Å². The van der Waals surface area contributed by atoms with Crippen molar-refractivity contribution in [2.24, 2.45) is 0 Å². The summed E-state index contributed by atoms with van der Waals surface area (Å²) < 4.78 is 43.6. The molecule has 0 unspecified atom stereocenters. The maximum atomic E-state index is 14.2. The molecule has 1 aliphatic heterocycles. The second-order valence-corrected chi connectivity index (χ2v) is 8.08. The Kier molecular flexibility index (Phi) is 7.50. The maximum Gasteiger partial charge on any atom is 0.269 e. The number of carbonyl (C=O) groups excluding carboxylic acids is 2. The van der Waals surface area contributed by atoms with Crippen molar-refractivity contribution in [3.8, 4) is 0 Å². The van der Waals surface area contributed by atoms with E-state index >= 15 is 0 Å². The molecule has 0 aliphatic carbocycles. The summed E-state index contributed by atoms with van der Waals surface area (Å²) in [6, 6.07) is 1.96. The second-order valence-electron chi connectivity index (χ2n) is 5.71. The Hall–Kier alpha value is -1.79. The molecule has 0 aromatic heterocycles. The van der Waals surface area contributed by atoms with E-state index in [4.69, 9.17) is 21.4 Å². The highest BCUT2D eigenvalue weighted by atomic mass is 35.5. The zero-order valence-corrected chi connectivity index (χ0v) is 15.7. The third kappa shape index (κ3) is 5.59. The summed E-state index contributed by atoms with van der Waals surface area (Å²) in [4.78, 5) is 26.0. The smallest absolute Gasteiger partial charge is 0.269 e. The number of aliphatic hydroxyl groups is 1. The lowest BCUT2D eigenvalue weighted by molar-refractivity contribution is 0.0934. The molecule has 1 fully saturated rings. The van der Waals surface area contributed by atoms with Crippen LogP contribution in [0.1, 0.15) is 33.6 Å². The van der Waals surface area contributed by atoms with Crippen molar-refractivity contribution >= 4 is 33.4 Å². The quantitative estimate of drug-likeness (QED) is 0.454. The second kappa shape index (κ2) is 9.42. The summed E-state index contributed by atoms with van der Waals surface area (Å²) in [5.74, 6) is -2.89. The van der Waals surface area contributed by atoms with Crippen molar-refractivity contribution in [3.05, 3.63) is 34.1 Å². The van der Waals surface area contributed by atoms with E-state index in [-0.39, 0.29) is 44.8 Å². The number of benzene rings is 1. The van der Waals surface area contributed by atoms with E-state index < -0.39 is 43.5 Å². The van der Waals surface area contributed by atoms with Gasteiger partial charge in [0.2, 0.25) is 10.0 Å². The molecule has 1 aromatic carbocycles. The van der Waals surface area contributed by atoms with E-state index in [1.165, 1.54) is 0 Å². The Labute approximate surface area is 160 Å². The number of rotatable bonds is 7. The average molecular weight is 424 g/mol. The van der Waals surface area contributed by atoms with Crippen molar-refractivity contribution < 1.29 is 32.2 Å². The van der Waals surface area contributed by atoms with Gasteiger partial charge < -0.3 is 15.2 Å². The number of hydrogen-bond donors (Lipinski definition) is 4. The van der Waals surface area contributed by atoms with Crippen molar-refractivity contribution in [2.75, 3.05) is 26.4 Å². The van der Waals surface area contributed by atoms with E-state index in [1.807, 2.05) is 10.3 Å². The maximum absolute atomic E-state index is 14.2. The monoisotopic (exact) mass is 423 g/mol. The van der Waals surface area contributed by atoms with Crippen LogP contribution >= 0.6 is 11.6 Å². The molecule has 27 heavy (non-hydrogen) atoms. The number of hydrazine groups is 1. The largest absolute Gasteiger partial charge is 0.395 e. The van der Waals surface area contributed by atoms with E-state index in [9.17, 15) is 22.4 Å². The molecule has 9 nitrogen and oxygen atoms in total. The highest BCUT2D eigenvalue weighted by Gasteiger charge is 2.28. The van der Waals surface area contributed by atoms with Gasteiger partial charge in [-0.1, -0.05) is 11.6 Å². The Bertz CT molecular complexity index is 814. The minimum atomic E-state index is -3.87. The molecule has 1 aliphatic rings. The Morgan fingerprint density at radius 1 is 1.26 bits per heavy atom. The summed E-state index contributed by atoms with van der Waals surface area (Å²) in [6.07, 6.45) is 0.539. The first-order valence-electron chi connectivity index (χ1n) is 8.03. The molecule has 2 amide bonds.